The first kappa shape index (κ1) is 22.9. The lowest BCUT2D eigenvalue weighted by Gasteiger charge is -2.39. The van der Waals surface area contributed by atoms with Crippen molar-refractivity contribution in [1.29, 1.82) is 0 Å². The van der Waals surface area contributed by atoms with Gasteiger partial charge < -0.3 is 29.9 Å². The van der Waals surface area contributed by atoms with Crippen LogP contribution in [0, 0.1) is 0 Å². The van der Waals surface area contributed by atoms with E-state index in [4.69, 9.17) is 9.47 Å². The van der Waals surface area contributed by atoms with E-state index < -0.39 is 47.3 Å². The molecule has 2 aromatic carbocycles. The molecular formula is C22H25NO8S. The molecule has 32 heavy (non-hydrogen) atoms. The number of benzene rings is 2. The predicted octanol–water partition coefficient (Wildman–Crippen LogP) is 0.237. The monoisotopic (exact) mass is 463 g/mol. The Labute approximate surface area is 185 Å². The zero-order valence-corrected chi connectivity index (χ0v) is 17.9. The number of ether oxygens (including phenoxy) is 2. The van der Waals surface area contributed by atoms with Crippen LogP contribution < -0.4 is 0 Å². The van der Waals surface area contributed by atoms with Crippen molar-refractivity contribution in [3.05, 3.63) is 66.4 Å². The van der Waals surface area contributed by atoms with Crippen molar-refractivity contribution in [1.82, 2.24) is 3.97 Å². The first-order valence-corrected chi connectivity index (χ1v) is 11.6. The number of rotatable bonds is 7. The summed E-state index contributed by atoms with van der Waals surface area (Å²) in [4.78, 5) is 0.171. The van der Waals surface area contributed by atoms with Crippen LogP contribution in [0.4, 0.5) is 0 Å². The van der Waals surface area contributed by atoms with Crippen LogP contribution in [0.1, 0.15) is 5.56 Å². The molecule has 1 fully saturated rings. The van der Waals surface area contributed by atoms with Gasteiger partial charge >= 0.3 is 0 Å². The molecule has 1 unspecified atom stereocenters. The van der Waals surface area contributed by atoms with E-state index in [1.54, 1.807) is 36.5 Å². The van der Waals surface area contributed by atoms with Crippen LogP contribution in [0.2, 0.25) is 0 Å². The van der Waals surface area contributed by atoms with Gasteiger partial charge in [-0.25, -0.2) is 12.4 Å². The highest BCUT2D eigenvalue weighted by atomic mass is 32.2. The van der Waals surface area contributed by atoms with Crippen LogP contribution in [0.25, 0.3) is 10.9 Å². The molecule has 1 aromatic heterocycles. The van der Waals surface area contributed by atoms with Crippen molar-refractivity contribution in [3.63, 3.8) is 0 Å². The number of aliphatic hydroxyl groups is 4. The first-order valence-electron chi connectivity index (χ1n) is 10.2. The fourth-order valence-corrected chi connectivity index (χ4v) is 5.22. The number of para-hydroxylation sites is 1. The molecule has 4 rings (SSSR count). The van der Waals surface area contributed by atoms with Gasteiger partial charge in [-0.2, -0.15) is 0 Å². The number of nitrogens with zero attached hydrogens (tertiary/aromatic N) is 1. The van der Waals surface area contributed by atoms with Gasteiger partial charge in [0, 0.05) is 11.6 Å². The Morgan fingerprint density at radius 1 is 0.938 bits per heavy atom. The van der Waals surface area contributed by atoms with E-state index in [0.717, 1.165) is 5.39 Å². The summed E-state index contributed by atoms with van der Waals surface area (Å²) in [5, 5.41) is 39.9. The Hall–Kier alpha value is -2.31. The summed E-state index contributed by atoms with van der Waals surface area (Å²) in [5.74, 6) is 0. The minimum atomic E-state index is -3.80. The fourth-order valence-electron chi connectivity index (χ4n) is 3.81. The molecule has 0 bridgehead atoms. The summed E-state index contributed by atoms with van der Waals surface area (Å²) in [6, 6.07) is 15.2. The second kappa shape index (κ2) is 9.28. The smallest absolute Gasteiger partial charge is 0.268 e. The van der Waals surface area contributed by atoms with Crippen molar-refractivity contribution in [2.24, 2.45) is 0 Å². The van der Waals surface area contributed by atoms with Crippen molar-refractivity contribution < 1.29 is 38.3 Å². The van der Waals surface area contributed by atoms with Crippen LogP contribution >= 0.6 is 0 Å². The van der Waals surface area contributed by atoms with E-state index in [2.05, 4.69) is 0 Å². The molecular weight excluding hydrogens is 438 g/mol. The molecule has 0 saturated carbocycles. The Morgan fingerprint density at radius 2 is 1.62 bits per heavy atom. The van der Waals surface area contributed by atoms with Gasteiger partial charge in [-0.1, -0.05) is 36.4 Å². The molecule has 9 nitrogen and oxygen atoms in total. The molecule has 1 aliphatic heterocycles. The van der Waals surface area contributed by atoms with Gasteiger partial charge in [-0.05, 0) is 30.2 Å². The van der Waals surface area contributed by atoms with Gasteiger partial charge in [0.05, 0.1) is 23.6 Å². The third-order valence-electron chi connectivity index (χ3n) is 5.56. The fraction of sp³-hybridized carbons (Fsp3) is 0.364. The Kier molecular flexibility index (Phi) is 6.63. The van der Waals surface area contributed by atoms with Gasteiger partial charge in [0.1, 0.15) is 24.4 Å². The van der Waals surface area contributed by atoms with Crippen molar-refractivity contribution in [3.8, 4) is 0 Å². The van der Waals surface area contributed by atoms with Crippen LogP contribution in [-0.2, 0) is 25.9 Å². The maximum absolute atomic E-state index is 13.2. The summed E-state index contributed by atoms with van der Waals surface area (Å²) in [6.45, 7) is -0.502. The summed E-state index contributed by atoms with van der Waals surface area (Å²) >= 11 is 0. The Morgan fingerprint density at radius 3 is 2.34 bits per heavy atom. The minimum Gasteiger partial charge on any atom is -0.394 e. The second-order valence-corrected chi connectivity index (χ2v) is 9.42. The first-order chi connectivity index (χ1) is 15.3. The summed E-state index contributed by atoms with van der Waals surface area (Å²) in [6.07, 6.45) is -4.94. The average Bonchev–Trinajstić information content (AvgIpc) is 3.19. The lowest BCUT2D eigenvalue weighted by atomic mass is 9.99. The second-order valence-electron chi connectivity index (χ2n) is 7.60. The van der Waals surface area contributed by atoms with Gasteiger partial charge in [0.2, 0.25) is 0 Å². The molecule has 172 valence electrons. The molecule has 0 radical (unpaired) electrons. The zero-order chi connectivity index (χ0) is 22.9. The number of fused-ring (bicyclic) bond motifs is 1. The Balaban J connectivity index is 1.55. The Bertz CT molecular complexity index is 1160. The molecule has 3 aromatic rings. The zero-order valence-electron chi connectivity index (χ0n) is 17.1. The molecule has 4 N–H and O–H groups in total. The van der Waals surface area contributed by atoms with E-state index in [9.17, 15) is 28.8 Å². The topological polar surface area (TPSA) is 138 Å². The van der Waals surface area contributed by atoms with Crippen molar-refractivity contribution in [2.75, 3.05) is 13.2 Å². The van der Waals surface area contributed by atoms with Crippen LogP contribution in [0.15, 0.2) is 65.7 Å². The summed E-state index contributed by atoms with van der Waals surface area (Å²) in [5.41, 5.74) is 1.24. The van der Waals surface area contributed by atoms with E-state index in [-0.39, 0.29) is 11.5 Å². The number of hydrogen-bond donors (Lipinski definition) is 4. The SMILES string of the molecule is O=S(=O)(c1ccccc1)n1cc(CCO[C@@H]2O[C@H](CO)[C@H](O)C(O)[C@H]2O)c2ccccc21. The minimum absolute atomic E-state index is 0.0437. The quantitative estimate of drug-likeness (QED) is 0.391. The van der Waals surface area contributed by atoms with Crippen LogP contribution in [0.3, 0.4) is 0 Å². The van der Waals surface area contributed by atoms with Crippen LogP contribution in [-0.4, -0.2) is 76.7 Å². The van der Waals surface area contributed by atoms with Gasteiger partial charge in [-0.15, -0.1) is 0 Å². The van der Waals surface area contributed by atoms with Crippen molar-refractivity contribution in [2.45, 2.75) is 42.0 Å². The highest BCUT2D eigenvalue weighted by Gasteiger charge is 2.43. The molecule has 1 saturated heterocycles. The maximum atomic E-state index is 13.2. The third-order valence-corrected chi connectivity index (χ3v) is 7.25. The number of aromatic nitrogens is 1. The van der Waals surface area contributed by atoms with Crippen LogP contribution in [0.5, 0.6) is 0 Å². The van der Waals surface area contributed by atoms with E-state index in [0.29, 0.717) is 17.5 Å². The summed E-state index contributed by atoms with van der Waals surface area (Å²) < 4.78 is 38.5. The molecule has 5 atom stereocenters. The molecule has 1 aliphatic rings. The predicted molar refractivity (Wildman–Crippen MR) is 114 cm³/mol. The maximum Gasteiger partial charge on any atom is 0.268 e. The van der Waals surface area contributed by atoms with Gasteiger partial charge in [0.25, 0.3) is 10.0 Å². The third kappa shape index (κ3) is 4.18. The van der Waals surface area contributed by atoms with E-state index in [1.807, 2.05) is 12.1 Å². The highest BCUT2D eigenvalue weighted by Crippen LogP contribution is 2.27. The number of hydrogen-bond acceptors (Lipinski definition) is 8. The van der Waals surface area contributed by atoms with Gasteiger partial charge in [-0.3, -0.25) is 0 Å². The van der Waals surface area contributed by atoms with E-state index >= 15 is 0 Å². The molecule has 0 aliphatic carbocycles. The highest BCUT2D eigenvalue weighted by molar-refractivity contribution is 7.90. The van der Waals surface area contributed by atoms with E-state index in [1.165, 1.54) is 16.1 Å². The molecule has 0 spiro atoms. The largest absolute Gasteiger partial charge is 0.394 e. The lowest BCUT2D eigenvalue weighted by Crippen LogP contribution is -2.59. The standard InChI is InChI=1S/C22H25NO8S/c24-13-18-19(25)20(26)21(27)22(31-18)30-11-10-14-12-23(17-9-5-4-8-16(14)17)32(28,29)15-6-2-1-3-7-15/h1-9,12,18-22,24-27H,10-11,13H2/t18-,19+,20?,21-,22-/m1/s1. The average molecular weight is 464 g/mol. The molecule has 0 amide bonds. The van der Waals surface area contributed by atoms with Crippen molar-refractivity contribution >= 4 is 20.9 Å². The summed E-state index contributed by atoms with van der Waals surface area (Å²) in [7, 11) is -3.80. The lowest BCUT2D eigenvalue weighted by molar-refractivity contribution is -0.300. The molecule has 2 heterocycles. The molecule has 10 heteroatoms. The van der Waals surface area contributed by atoms with Gasteiger partial charge in [0.15, 0.2) is 6.29 Å². The number of aliphatic hydroxyl groups excluding tert-OH is 4. The normalized spacial score (nSPS) is 26.4.